The molecule has 5 heteroatoms. The number of hydrogen-bond donors (Lipinski definition) is 0. The van der Waals surface area contributed by atoms with E-state index >= 15 is 0 Å². The molecule has 0 aliphatic carbocycles. The number of hydrogen-bond acceptors (Lipinski definition) is 4. The van der Waals surface area contributed by atoms with E-state index in [0.29, 0.717) is 5.92 Å². The molecule has 2 aromatic rings. The molecule has 0 spiro atoms. The highest BCUT2D eigenvalue weighted by atomic mass is 15.2. The van der Waals surface area contributed by atoms with E-state index in [1.165, 1.54) is 18.5 Å². The molecule has 100 valence electrons. The van der Waals surface area contributed by atoms with E-state index < -0.39 is 0 Å². The average Bonchev–Trinajstić information content (AvgIpc) is 2.86. The van der Waals surface area contributed by atoms with E-state index in [-0.39, 0.29) is 0 Å². The summed E-state index contributed by atoms with van der Waals surface area (Å²) < 4.78 is 2.09. The first-order valence-electron chi connectivity index (χ1n) is 6.77. The molecule has 0 saturated carbocycles. The number of rotatable bonds is 3. The van der Waals surface area contributed by atoms with Gasteiger partial charge in [0.15, 0.2) is 0 Å². The molecule has 0 aromatic carbocycles. The van der Waals surface area contributed by atoms with Crippen LogP contribution in [0.1, 0.15) is 30.3 Å². The second-order valence-electron chi connectivity index (χ2n) is 5.16. The van der Waals surface area contributed by atoms with E-state index in [0.717, 1.165) is 25.5 Å². The molecule has 3 heterocycles. The Morgan fingerprint density at radius 3 is 3.00 bits per heavy atom. The van der Waals surface area contributed by atoms with E-state index in [1.54, 1.807) is 6.33 Å². The van der Waals surface area contributed by atoms with Gasteiger partial charge in [-0.25, -0.2) is 15.0 Å². The monoisotopic (exact) mass is 257 g/mol. The van der Waals surface area contributed by atoms with Gasteiger partial charge in [0.25, 0.3) is 0 Å². The summed E-state index contributed by atoms with van der Waals surface area (Å²) in [4.78, 5) is 15.3. The molecule has 0 bridgehead atoms. The molecule has 19 heavy (non-hydrogen) atoms. The van der Waals surface area contributed by atoms with Crippen molar-refractivity contribution >= 4 is 0 Å². The highest BCUT2D eigenvalue weighted by Crippen LogP contribution is 2.25. The van der Waals surface area contributed by atoms with Gasteiger partial charge in [-0.1, -0.05) is 0 Å². The third-order valence-corrected chi connectivity index (χ3v) is 3.81. The standard InChI is InChI=1S/C14H19N5/c1-18-8-6-16-14(18)10-19-7-2-3-12(9-19)13-4-5-15-11-17-13/h4-6,8,11-12H,2-3,7,9-10H2,1H3/t12-/m1/s1. The SMILES string of the molecule is Cn1ccnc1CN1CCC[C@@H](c2ccncn2)C1. The summed E-state index contributed by atoms with van der Waals surface area (Å²) in [6, 6.07) is 2.04. The predicted molar refractivity (Wildman–Crippen MR) is 72.5 cm³/mol. The molecule has 1 aliphatic heterocycles. The summed E-state index contributed by atoms with van der Waals surface area (Å²) in [5.74, 6) is 1.65. The minimum atomic E-state index is 0.525. The first-order chi connectivity index (χ1) is 9.33. The Bertz CT molecular complexity index is 522. The second-order valence-corrected chi connectivity index (χ2v) is 5.16. The molecule has 2 aromatic heterocycles. The fraction of sp³-hybridized carbons (Fsp3) is 0.500. The molecule has 0 N–H and O–H groups in total. The Morgan fingerprint density at radius 2 is 2.26 bits per heavy atom. The van der Waals surface area contributed by atoms with Gasteiger partial charge >= 0.3 is 0 Å². The summed E-state index contributed by atoms with van der Waals surface area (Å²) in [6.45, 7) is 3.13. The molecule has 0 unspecified atom stereocenters. The lowest BCUT2D eigenvalue weighted by Crippen LogP contribution is -2.34. The zero-order chi connectivity index (χ0) is 13.1. The quantitative estimate of drug-likeness (QED) is 0.837. The first kappa shape index (κ1) is 12.3. The Labute approximate surface area is 113 Å². The fourth-order valence-electron chi connectivity index (χ4n) is 2.73. The molecule has 1 saturated heterocycles. The lowest BCUT2D eigenvalue weighted by atomic mass is 9.94. The number of piperidine rings is 1. The van der Waals surface area contributed by atoms with Crippen molar-refractivity contribution in [2.24, 2.45) is 7.05 Å². The van der Waals surface area contributed by atoms with Crippen LogP contribution in [0.3, 0.4) is 0 Å². The third kappa shape index (κ3) is 2.81. The van der Waals surface area contributed by atoms with E-state index in [2.05, 4.69) is 24.4 Å². The summed E-state index contributed by atoms with van der Waals surface area (Å²) >= 11 is 0. The minimum Gasteiger partial charge on any atom is -0.337 e. The van der Waals surface area contributed by atoms with Crippen LogP contribution in [0.4, 0.5) is 0 Å². The van der Waals surface area contributed by atoms with Gasteiger partial charge in [0, 0.05) is 43.8 Å². The Hall–Kier alpha value is -1.75. The molecule has 1 aliphatic rings. The Morgan fingerprint density at radius 1 is 1.32 bits per heavy atom. The maximum absolute atomic E-state index is 4.40. The second kappa shape index (κ2) is 5.48. The molecule has 0 radical (unpaired) electrons. The summed E-state index contributed by atoms with van der Waals surface area (Å²) in [7, 11) is 2.05. The van der Waals surface area contributed by atoms with Crippen LogP contribution in [0.15, 0.2) is 31.0 Å². The Kier molecular flexibility index (Phi) is 3.55. The van der Waals surface area contributed by atoms with Crippen LogP contribution in [0.25, 0.3) is 0 Å². The zero-order valence-corrected chi connectivity index (χ0v) is 11.2. The maximum Gasteiger partial charge on any atom is 0.122 e. The highest BCUT2D eigenvalue weighted by Gasteiger charge is 2.22. The van der Waals surface area contributed by atoms with Crippen LogP contribution in [0, 0.1) is 0 Å². The van der Waals surface area contributed by atoms with E-state index in [9.17, 15) is 0 Å². The third-order valence-electron chi connectivity index (χ3n) is 3.81. The smallest absolute Gasteiger partial charge is 0.122 e. The van der Waals surface area contributed by atoms with Crippen molar-refractivity contribution in [1.29, 1.82) is 0 Å². The number of likely N-dealkylation sites (tertiary alicyclic amines) is 1. The normalized spacial score (nSPS) is 20.6. The highest BCUT2D eigenvalue weighted by molar-refractivity contribution is 5.08. The molecular formula is C14H19N5. The average molecular weight is 257 g/mol. The van der Waals surface area contributed by atoms with Crippen LogP contribution in [-0.2, 0) is 13.6 Å². The molecule has 3 rings (SSSR count). The molecule has 0 amide bonds. The summed E-state index contributed by atoms with van der Waals surface area (Å²) in [5.41, 5.74) is 1.17. The number of imidazole rings is 1. The fourth-order valence-corrected chi connectivity index (χ4v) is 2.73. The van der Waals surface area contributed by atoms with Crippen molar-refractivity contribution in [1.82, 2.24) is 24.4 Å². The van der Waals surface area contributed by atoms with Crippen molar-refractivity contribution in [2.45, 2.75) is 25.3 Å². The molecule has 5 nitrogen and oxygen atoms in total. The van der Waals surface area contributed by atoms with Crippen LogP contribution >= 0.6 is 0 Å². The van der Waals surface area contributed by atoms with E-state index in [1.807, 2.05) is 31.7 Å². The van der Waals surface area contributed by atoms with Gasteiger partial charge in [-0.15, -0.1) is 0 Å². The van der Waals surface area contributed by atoms with Gasteiger partial charge < -0.3 is 4.57 Å². The lowest BCUT2D eigenvalue weighted by Gasteiger charge is -2.32. The maximum atomic E-state index is 4.40. The van der Waals surface area contributed by atoms with Crippen molar-refractivity contribution in [3.63, 3.8) is 0 Å². The summed E-state index contributed by atoms with van der Waals surface area (Å²) in [6.07, 6.45) is 9.78. The topological polar surface area (TPSA) is 46.8 Å². The van der Waals surface area contributed by atoms with Gasteiger partial charge in [-0.3, -0.25) is 4.90 Å². The molecule has 1 fully saturated rings. The lowest BCUT2D eigenvalue weighted by molar-refractivity contribution is 0.192. The van der Waals surface area contributed by atoms with Crippen LogP contribution < -0.4 is 0 Å². The van der Waals surface area contributed by atoms with Crippen molar-refractivity contribution in [3.05, 3.63) is 42.5 Å². The minimum absolute atomic E-state index is 0.525. The number of aromatic nitrogens is 4. The Balaban J connectivity index is 1.67. The van der Waals surface area contributed by atoms with Crippen molar-refractivity contribution < 1.29 is 0 Å². The molecular weight excluding hydrogens is 238 g/mol. The zero-order valence-electron chi connectivity index (χ0n) is 11.2. The van der Waals surface area contributed by atoms with Gasteiger partial charge in [0.2, 0.25) is 0 Å². The number of aryl methyl sites for hydroxylation is 1. The van der Waals surface area contributed by atoms with E-state index in [4.69, 9.17) is 0 Å². The largest absolute Gasteiger partial charge is 0.337 e. The van der Waals surface area contributed by atoms with Crippen LogP contribution in [0.5, 0.6) is 0 Å². The first-order valence-corrected chi connectivity index (χ1v) is 6.77. The number of nitrogens with zero attached hydrogens (tertiary/aromatic N) is 5. The van der Waals surface area contributed by atoms with Crippen LogP contribution in [-0.4, -0.2) is 37.5 Å². The molecule has 1 atom stereocenters. The predicted octanol–water partition coefficient (Wildman–Crippen LogP) is 1.59. The van der Waals surface area contributed by atoms with Crippen LogP contribution in [0.2, 0.25) is 0 Å². The van der Waals surface area contributed by atoms with Gasteiger partial charge in [-0.2, -0.15) is 0 Å². The van der Waals surface area contributed by atoms with Crippen molar-refractivity contribution in [3.8, 4) is 0 Å². The van der Waals surface area contributed by atoms with Gasteiger partial charge in [-0.05, 0) is 25.5 Å². The van der Waals surface area contributed by atoms with Gasteiger partial charge in [0.1, 0.15) is 12.2 Å². The van der Waals surface area contributed by atoms with Crippen molar-refractivity contribution in [2.75, 3.05) is 13.1 Å². The summed E-state index contributed by atoms with van der Waals surface area (Å²) in [5, 5.41) is 0. The van der Waals surface area contributed by atoms with Gasteiger partial charge in [0.05, 0.1) is 6.54 Å².